The number of rotatable bonds is 3. The van der Waals surface area contributed by atoms with Crippen LogP contribution in [0.15, 0.2) is 34.1 Å². The Hall–Kier alpha value is -2.04. The highest BCUT2D eigenvalue weighted by atomic mass is 16.5. The first-order chi connectivity index (χ1) is 9.43. The number of carbonyl (C=O) groups excluding carboxylic acids is 2. The van der Waals surface area contributed by atoms with E-state index in [1.807, 2.05) is 19.9 Å². The second-order valence-corrected chi connectivity index (χ2v) is 4.99. The van der Waals surface area contributed by atoms with Gasteiger partial charge in [0.2, 0.25) is 0 Å². The van der Waals surface area contributed by atoms with E-state index in [1.165, 1.54) is 14.2 Å². The van der Waals surface area contributed by atoms with E-state index in [9.17, 15) is 9.59 Å². The number of fused-ring (bicyclic) bond motifs is 1. The third-order valence-corrected chi connectivity index (χ3v) is 3.91. The van der Waals surface area contributed by atoms with Gasteiger partial charge in [0.05, 0.1) is 21.3 Å². The molecule has 0 atom stereocenters. The molecule has 0 fully saturated rings. The van der Waals surface area contributed by atoms with Crippen LogP contribution in [0.2, 0.25) is 0 Å². The average molecular weight is 278 g/mol. The molecule has 0 aliphatic heterocycles. The molecule has 0 saturated carbocycles. The third-order valence-electron chi connectivity index (χ3n) is 3.91. The molecule has 0 saturated heterocycles. The van der Waals surface area contributed by atoms with Crippen LogP contribution in [0.25, 0.3) is 0 Å². The van der Waals surface area contributed by atoms with Crippen molar-refractivity contribution in [1.29, 1.82) is 0 Å². The van der Waals surface area contributed by atoms with Gasteiger partial charge >= 0.3 is 11.9 Å². The number of ether oxygens (including phenoxy) is 3. The summed E-state index contributed by atoms with van der Waals surface area (Å²) in [6.07, 6.45) is 2.09. The Morgan fingerprint density at radius 2 is 1.65 bits per heavy atom. The lowest BCUT2D eigenvalue weighted by atomic mass is 9.78. The van der Waals surface area contributed by atoms with Crippen LogP contribution in [0.1, 0.15) is 20.3 Å². The lowest BCUT2D eigenvalue weighted by molar-refractivity contribution is -0.165. The third kappa shape index (κ3) is 1.62. The largest absolute Gasteiger partial charge is 0.496 e. The fourth-order valence-corrected chi connectivity index (χ4v) is 3.15. The molecule has 5 nitrogen and oxygen atoms in total. The van der Waals surface area contributed by atoms with E-state index in [2.05, 4.69) is 0 Å². The zero-order valence-corrected chi connectivity index (χ0v) is 12.3. The maximum atomic E-state index is 12.3. The lowest BCUT2D eigenvalue weighted by Crippen LogP contribution is -2.41. The summed E-state index contributed by atoms with van der Waals surface area (Å²) >= 11 is 0. The summed E-state index contributed by atoms with van der Waals surface area (Å²) in [6.45, 7) is 3.73. The maximum absolute atomic E-state index is 12.3. The minimum atomic E-state index is -1.41. The SMILES string of the molecule is COC(=O)C1(C(=O)OC)CC(C)=C2C(OC)=CC(C)=C21. The molecule has 108 valence electrons. The summed E-state index contributed by atoms with van der Waals surface area (Å²) in [7, 11) is 4.12. The van der Waals surface area contributed by atoms with Crippen LogP contribution in [0.4, 0.5) is 0 Å². The highest BCUT2D eigenvalue weighted by Crippen LogP contribution is 2.54. The number of hydrogen-bond acceptors (Lipinski definition) is 5. The maximum Gasteiger partial charge on any atom is 0.328 e. The molecule has 0 N–H and O–H groups in total. The van der Waals surface area contributed by atoms with Crippen LogP contribution >= 0.6 is 0 Å². The molecule has 0 unspecified atom stereocenters. The zero-order valence-electron chi connectivity index (χ0n) is 12.3. The van der Waals surface area contributed by atoms with Crippen LogP contribution in [-0.4, -0.2) is 33.3 Å². The number of allylic oxidation sites excluding steroid dienone is 4. The average Bonchev–Trinajstić information content (AvgIpc) is 2.95. The van der Waals surface area contributed by atoms with Gasteiger partial charge in [-0.05, 0) is 31.1 Å². The molecule has 0 heterocycles. The summed E-state index contributed by atoms with van der Waals surface area (Å²) in [4.78, 5) is 24.6. The summed E-state index contributed by atoms with van der Waals surface area (Å²) in [5.74, 6) is -0.526. The van der Waals surface area contributed by atoms with Gasteiger partial charge in [0, 0.05) is 12.0 Å². The first-order valence-electron chi connectivity index (χ1n) is 6.28. The molecule has 20 heavy (non-hydrogen) atoms. The molecule has 0 spiro atoms. The van der Waals surface area contributed by atoms with Crippen molar-refractivity contribution in [2.24, 2.45) is 5.41 Å². The van der Waals surface area contributed by atoms with E-state index >= 15 is 0 Å². The van der Waals surface area contributed by atoms with E-state index in [0.29, 0.717) is 11.3 Å². The quantitative estimate of drug-likeness (QED) is 0.583. The van der Waals surface area contributed by atoms with Crippen molar-refractivity contribution in [2.75, 3.05) is 21.3 Å². The normalized spacial score (nSPS) is 19.8. The van der Waals surface area contributed by atoms with E-state index in [0.717, 1.165) is 16.7 Å². The smallest absolute Gasteiger partial charge is 0.328 e. The molecule has 0 bridgehead atoms. The van der Waals surface area contributed by atoms with E-state index in [-0.39, 0.29) is 6.42 Å². The summed E-state index contributed by atoms with van der Waals surface area (Å²) in [6, 6.07) is 0. The minimum absolute atomic E-state index is 0.259. The Morgan fingerprint density at radius 3 is 2.10 bits per heavy atom. The molecule has 2 aliphatic rings. The van der Waals surface area contributed by atoms with E-state index < -0.39 is 17.4 Å². The monoisotopic (exact) mass is 278 g/mol. The molecule has 5 heteroatoms. The second kappa shape index (κ2) is 4.81. The van der Waals surface area contributed by atoms with E-state index in [1.54, 1.807) is 7.11 Å². The van der Waals surface area contributed by atoms with Crippen LogP contribution in [0.3, 0.4) is 0 Å². The van der Waals surface area contributed by atoms with Crippen LogP contribution in [0, 0.1) is 5.41 Å². The van der Waals surface area contributed by atoms with Gasteiger partial charge in [0.15, 0.2) is 5.41 Å². The van der Waals surface area contributed by atoms with Gasteiger partial charge in [0.1, 0.15) is 5.76 Å². The molecule has 0 radical (unpaired) electrons. The van der Waals surface area contributed by atoms with Gasteiger partial charge in [-0.2, -0.15) is 0 Å². The summed E-state index contributed by atoms with van der Waals surface area (Å²) < 4.78 is 15.1. The molecular weight excluding hydrogens is 260 g/mol. The van der Waals surface area contributed by atoms with Crippen molar-refractivity contribution in [3.8, 4) is 0 Å². The predicted molar refractivity (Wildman–Crippen MR) is 71.6 cm³/mol. The highest BCUT2D eigenvalue weighted by Gasteiger charge is 2.58. The Labute approximate surface area is 117 Å². The molecule has 2 aliphatic carbocycles. The van der Waals surface area contributed by atoms with Crippen LogP contribution in [0.5, 0.6) is 0 Å². The second-order valence-electron chi connectivity index (χ2n) is 4.99. The van der Waals surface area contributed by atoms with E-state index in [4.69, 9.17) is 14.2 Å². The first kappa shape index (κ1) is 14.4. The highest BCUT2D eigenvalue weighted by molar-refractivity contribution is 6.07. The zero-order chi connectivity index (χ0) is 15.1. The van der Waals surface area contributed by atoms with Gasteiger partial charge in [-0.25, -0.2) is 0 Å². The lowest BCUT2D eigenvalue weighted by Gasteiger charge is -2.26. The Morgan fingerprint density at radius 1 is 1.10 bits per heavy atom. The molecule has 2 rings (SSSR count). The standard InChI is InChI=1S/C15H18O5/c1-8-6-10(18-3)11-9(2)7-15(12(8)11,13(16)19-4)14(17)20-5/h6H,7H2,1-5H3. The fourth-order valence-electron chi connectivity index (χ4n) is 3.15. The first-order valence-corrected chi connectivity index (χ1v) is 6.28. The van der Waals surface area contributed by atoms with Crippen LogP contribution < -0.4 is 0 Å². The summed E-state index contributed by atoms with van der Waals surface area (Å²) in [5.41, 5.74) is 1.79. The molecule has 0 amide bonds. The summed E-state index contributed by atoms with van der Waals surface area (Å²) in [5, 5.41) is 0. The van der Waals surface area contributed by atoms with Gasteiger partial charge in [-0.3, -0.25) is 9.59 Å². The molecule has 0 aromatic rings. The minimum Gasteiger partial charge on any atom is -0.496 e. The topological polar surface area (TPSA) is 61.8 Å². The number of hydrogen-bond donors (Lipinski definition) is 0. The number of carbonyl (C=O) groups is 2. The number of esters is 2. The van der Waals surface area contributed by atoms with Crippen molar-refractivity contribution in [1.82, 2.24) is 0 Å². The fraction of sp³-hybridized carbons (Fsp3) is 0.467. The Kier molecular flexibility index (Phi) is 3.46. The molecule has 0 aromatic carbocycles. The van der Waals surface area contributed by atoms with Crippen molar-refractivity contribution < 1.29 is 23.8 Å². The number of methoxy groups -OCH3 is 3. The van der Waals surface area contributed by atoms with Crippen molar-refractivity contribution >= 4 is 11.9 Å². The Balaban J connectivity index is 2.65. The van der Waals surface area contributed by atoms with Crippen molar-refractivity contribution in [2.45, 2.75) is 20.3 Å². The van der Waals surface area contributed by atoms with Crippen molar-refractivity contribution in [3.05, 3.63) is 34.1 Å². The molecule has 0 aromatic heterocycles. The Bertz CT molecular complexity index is 561. The van der Waals surface area contributed by atoms with Crippen LogP contribution in [-0.2, 0) is 23.8 Å². The van der Waals surface area contributed by atoms with Crippen molar-refractivity contribution in [3.63, 3.8) is 0 Å². The molecular formula is C15H18O5. The van der Waals surface area contributed by atoms with Gasteiger partial charge in [-0.15, -0.1) is 0 Å². The van der Waals surface area contributed by atoms with Gasteiger partial charge in [0.25, 0.3) is 0 Å². The van der Waals surface area contributed by atoms with Gasteiger partial charge < -0.3 is 14.2 Å². The predicted octanol–water partition coefficient (Wildman–Crippen LogP) is 1.90. The van der Waals surface area contributed by atoms with Gasteiger partial charge in [-0.1, -0.05) is 5.57 Å².